The van der Waals surface area contributed by atoms with E-state index in [1.807, 2.05) is 4.90 Å². The summed E-state index contributed by atoms with van der Waals surface area (Å²) >= 11 is 0. The minimum Gasteiger partial charge on any atom is -0.450 e. The molecule has 0 spiro atoms. The number of carbonyl (C=O) groups excluding carboxylic acids is 1. The summed E-state index contributed by atoms with van der Waals surface area (Å²) in [7, 11) is 1.66. The highest BCUT2D eigenvalue weighted by Gasteiger charge is 2.23. The highest BCUT2D eigenvalue weighted by Crippen LogP contribution is 2.12. The Bertz CT molecular complexity index is 603. The molecule has 0 aliphatic carbocycles. The van der Waals surface area contributed by atoms with Crippen LogP contribution in [0.1, 0.15) is 12.5 Å². The van der Waals surface area contributed by atoms with Gasteiger partial charge in [-0.3, -0.25) is 4.99 Å². The SMILES string of the molecule is CCOC(=O)N1CCN(C(=NC)NCCc2c(F)cccc2F)CC1.I. The van der Waals surface area contributed by atoms with Gasteiger partial charge in [-0.25, -0.2) is 13.6 Å². The van der Waals surface area contributed by atoms with Gasteiger partial charge in [0.15, 0.2) is 5.96 Å². The van der Waals surface area contributed by atoms with Gasteiger partial charge in [0.1, 0.15) is 11.6 Å². The lowest BCUT2D eigenvalue weighted by atomic mass is 10.1. The number of nitrogens with zero attached hydrogens (tertiary/aromatic N) is 3. The van der Waals surface area contributed by atoms with Crippen LogP contribution in [0.2, 0.25) is 0 Å². The van der Waals surface area contributed by atoms with Crippen LogP contribution in [0.4, 0.5) is 13.6 Å². The maximum absolute atomic E-state index is 13.6. The van der Waals surface area contributed by atoms with E-state index < -0.39 is 11.6 Å². The molecule has 2 rings (SSSR count). The summed E-state index contributed by atoms with van der Waals surface area (Å²) in [6, 6.07) is 3.85. The van der Waals surface area contributed by atoms with Gasteiger partial charge in [0.2, 0.25) is 0 Å². The van der Waals surface area contributed by atoms with Gasteiger partial charge in [-0.15, -0.1) is 24.0 Å². The largest absolute Gasteiger partial charge is 0.450 e. The van der Waals surface area contributed by atoms with Crippen molar-refractivity contribution in [2.45, 2.75) is 13.3 Å². The average molecular weight is 482 g/mol. The van der Waals surface area contributed by atoms with Crippen molar-refractivity contribution in [3.05, 3.63) is 35.4 Å². The molecule has 9 heteroatoms. The van der Waals surface area contributed by atoms with Gasteiger partial charge in [-0.1, -0.05) is 6.07 Å². The van der Waals surface area contributed by atoms with Crippen molar-refractivity contribution in [1.82, 2.24) is 15.1 Å². The molecule has 1 heterocycles. The number of aliphatic imine (C=N–C) groups is 1. The Kier molecular flexibility index (Phi) is 9.60. The summed E-state index contributed by atoms with van der Waals surface area (Å²) in [5.41, 5.74) is 0.0672. The van der Waals surface area contributed by atoms with E-state index >= 15 is 0 Å². The minimum atomic E-state index is -0.542. The van der Waals surface area contributed by atoms with Gasteiger partial charge in [0.25, 0.3) is 0 Å². The second-order valence-corrected chi connectivity index (χ2v) is 5.60. The molecule has 1 N–H and O–H groups in total. The fourth-order valence-corrected chi connectivity index (χ4v) is 2.72. The van der Waals surface area contributed by atoms with E-state index in [0.29, 0.717) is 45.3 Å². The molecule has 1 aromatic rings. The lowest BCUT2D eigenvalue weighted by Crippen LogP contribution is -2.54. The topological polar surface area (TPSA) is 57.2 Å². The molecular weight excluding hydrogens is 457 g/mol. The third-order valence-electron chi connectivity index (χ3n) is 4.04. The van der Waals surface area contributed by atoms with Crippen LogP contribution in [0.5, 0.6) is 0 Å². The highest BCUT2D eigenvalue weighted by molar-refractivity contribution is 14.0. The Labute approximate surface area is 169 Å². The number of halogens is 3. The van der Waals surface area contributed by atoms with E-state index in [4.69, 9.17) is 4.74 Å². The third-order valence-corrected chi connectivity index (χ3v) is 4.04. The van der Waals surface area contributed by atoms with Crippen molar-refractivity contribution >= 4 is 36.0 Å². The van der Waals surface area contributed by atoms with Crippen molar-refractivity contribution < 1.29 is 18.3 Å². The summed E-state index contributed by atoms with van der Waals surface area (Å²) in [6.45, 7) is 4.82. The molecule has 146 valence electrons. The zero-order valence-corrected chi connectivity index (χ0v) is 17.3. The maximum Gasteiger partial charge on any atom is 0.409 e. The number of hydrogen-bond acceptors (Lipinski definition) is 3. The molecule has 0 atom stereocenters. The Morgan fingerprint density at radius 1 is 1.19 bits per heavy atom. The Morgan fingerprint density at radius 2 is 1.77 bits per heavy atom. The number of rotatable bonds is 4. The molecule has 1 aromatic carbocycles. The summed E-state index contributed by atoms with van der Waals surface area (Å²) in [6.07, 6.45) is -0.0829. The van der Waals surface area contributed by atoms with Crippen LogP contribution in [0.15, 0.2) is 23.2 Å². The number of ether oxygens (including phenoxy) is 1. The lowest BCUT2D eigenvalue weighted by Gasteiger charge is -2.35. The molecule has 0 saturated carbocycles. The molecule has 1 saturated heterocycles. The number of carbonyl (C=O) groups is 1. The third kappa shape index (κ3) is 5.96. The molecule has 6 nitrogen and oxygen atoms in total. The van der Waals surface area contributed by atoms with Gasteiger partial charge >= 0.3 is 6.09 Å². The zero-order valence-electron chi connectivity index (χ0n) is 15.0. The van der Waals surface area contributed by atoms with Crippen LogP contribution in [-0.2, 0) is 11.2 Å². The van der Waals surface area contributed by atoms with Gasteiger partial charge in [0, 0.05) is 45.3 Å². The van der Waals surface area contributed by atoms with Crippen LogP contribution >= 0.6 is 24.0 Å². The number of piperazine rings is 1. The van der Waals surface area contributed by atoms with Crippen LogP contribution in [0.25, 0.3) is 0 Å². The first-order chi connectivity index (χ1) is 12.1. The highest BCUT2D eigenvalue weighted by atomic mass is 127. The molecule has 0 aromatic heterocycles. The number of benzene rings is 1. The predicted octanol–water partition coefficient (Wildman–Crippen LogP) is 2.47. The number of guanidine groups is 1. The normalized spacial score (nSPS) is 14.7. The van der Waals surface area contributed by atoms with Gasteiger partial charge in [-0.05, 0) is 25.5 Å². The van der Waals surface area contributed by atoms with E-state index in [0.717, 1.165) is 0 Å². The second-order valence-electron chi connectivity index (χ2n) is 5.60. The molecule has 0 bridgehead atoms. The van der Waals surface area contributed by atoms with Crippen molar-refractivity contribution in [1.29, 1.82) is 0 Å². The molecule has 0 radical (unpaired) electrons. The first kappa shape index (κ1) is 22.4. The van der Waals surface area contributed by atoms with Crippen molar-refractivity contribution in [3.8, 4) is 0 Å². The molecule has 1 amide bonds. The number of nitrogens with one attached hydrogen (secondary N) is 1. The fourth-order valence-electron chi connectivity index (χ4n) is 2.72. The Hall–Kier alpha value is -1.65. The minimum absolute atomic E-state index is 0. The lowest BCUT2D eigenvalue weighted by molar-refractivity contribution is 0.0915. The van der Waals surface area contributed by atoms with Crippen molar-refractivity contribution in [3.63, 3.8) is 0 Å². The van der Waals surface area contributed by atoms with E-state index in [2.05, 4.69) is 10.3 Å². The zero-order chi connectivity index (χ0) is 18.2. The predicted molar refractivity (Wildman–Crippen MR) is 107 cm³/mol. The van der Waals surface area contributed by atoms with Crippen LogP contribution in [0, 0.1) is 11.6 Å². The van der Waals surface area contributed by atoms with Gasteiger partial charge in [-0.2, -0.15) is 0 Å². The summed E-state index contributed by atoms with van der Waals surface area (Å²) in [4.78, 5) is 19.6. The van der Waals surface area contributed by atoms with Gasteiger partial charge < -0.3 is 19.9 Å². The summed E-state index contributed by atoms with van der Waals surface area (Å²) in [5.74, 6) is -0.431. The maximum atomic E-state index is 13.6. The molecule has 0 unspecified atom stereocenters. The fraction of sp³-hybridized carbons (Fsp3) is 0.529. The molecule has 26 heavy (non-hydrogen) atoms. The average Bonchev–Trinajstić information content (AvgIpc) is 2.61. The summed E-state index contributed by atoms with van der Waals surface area (Å²) < 4.78 is 32.3. The monoisotopic (exact) mass is 482 g/mol. The van der Waals surface area contributed by atoms with Crippen LogP contribution in [-0.4, -0.2) is 68.2 Å². The molecule has 1 aliphatic rings. The van der Waals surface area contributed by atoms with Crippen LogP contribution in [0.3, 0.4) is 0 Å². The standard InChI is InChI=1S/C17H24F2N4O2.HI/c1-3-25-17(24)23-11-9-22(10-12-23)16(20-2)21-8-7-13-14(18)5-4-6-15(13)19;/h4-6H,3,7-12H2,1-2H3,(H,20,21);1H. The first-order valence-corrected chi connectivity index (χ1v) is 8.37. The van der Waals surface area contributed by atoms with Gasteiger partial charge in [0.05, 0.1) is 6.61 Å². The second kappa shape index (κ2) is 11.1. The van der Waals surface area contributed by atoms with Crippen LogP contribution < -0.4 is 5.32 Å². The van der Waals surface area contributed by atoms with E-state index in [9.17, 15) is 13.6 Å². The van der Waals surface area contributed by atoms with Crippen molar-refractivity contribution in [2.75, 3.05) is 46.4 Å². The van der Waals surface area contributed by atoms with E-state index in [1.54, 1.807) is 18.9 Å². The first-order valence-electron chi connectivity index (χ1n) is 8.37. The number of hydrogen-bond donors (Lipinski definition) is 1. The smallest absolute Gasteiger partial charge is 0.409 e. The van der Waals surface area contributed by atoms with E-state index in [1.165, 1.54) is 18.2 Å². The van der Waals surface area contributed by atoms with E-state index in [-0.39, 0.29) is 42.1 Å². The molecule has 1 aliphatic heterocycles. The Balaban J connectivity index is 0.00000338. The summed E-state index contributed by atoms with van der Waals surface area (Å²) in [5, 5.41) is 3.12. The Morgan fingerprint density at radius 3 is 2.31 bits per heavy atom. The quantitative estimate of drug-likeness (QED) is 0.407. The number of amides is 1. The molecular formula is C17H25F2IN4O2. The van der Waals surface area contributed by atoms with Crippen molar-refractivity contribution in [2.24, 2.45) is 4.99 Å². The molecule has 1 fully saturated rings.